The highest BCUT2D eigenvalue weighted by Crippen LogP contribution is 2.26. The number of anilines is 1. The molecule has 1 saturated heterocycles. The van der Waals surface area contributed by atoms with Gasteiger partial charge >= 0.3 is 0 Å². The van der Waals surface area contributed by atoms with Gasteiger partial charge in [-0.1, -0.05) is 12.1 Å². The average Bonchev–Trinajstić information content (AvgIpc) is 2.73. The zero-order chi connectivity index (χ0) is 19.8. The molecule has 0 atom stereocenters. The summed E-state index contributed by atoms with van der Waals surface area (Å²) in [4.78, 5) is 24.2. The molecule has 0 saturated carbocycles. The zero-order valence-electron chi connectivity index (χ0n) is 16.0. The molecule has 1 aliphatic rings. The highest BCUT2D eigenvalue weighted by molar-refractivity contribution is 5.76. The summed E-state index contributed by atoms with van der Waals surface area (Å²) in [6.07, 6.45) is 3.39. The predicted octanol–water partition coefficient (Wildman–Crippen LogP) is 2.52. The van der Waals surface area contributed by atoms with E-state index in [1.54, 1.807) is 0 Å². The van der Waals surface area contributed by atoms with Crippen molar-refractivity contribution in [3.63, 3.8) is 0 Å². The van der Waals surface area contributed by atoms with Crippen LogP contribution < -0.4 is 14.4 Å². The lowest BCUT2D eigenvalue weighted by Gasteiger charge is -2.34. The predicted molar refractivity (Wildman–Crippen MR) is 103 cm³/mol. The van der Waals surface area contributed by atoms with E-state index >= 15 is 0 Å². The number of aromatic nitrogens is 2. The van der Waals surface area contributed by atoms with Crippen LogP contribution in [0.3, 0.4) is 0 Å². The maximum absolute atomic E-state index is 12.9. The number of rotatable bonds is 8. The van der Waals surface area contributed by atoms with Crippen molar-refractivity contribution in [3.05, 3.63) is 42.5 Å². The van der Waals surface area contributed by atoms with Crippen LogP contribution in [0.5, 0.6) is 11.5 Å². The van der Waals surface area contributed by atoms with Gasteiger partial charge in [0.15, 0.2) is 17.3 Å². The molecule has 0 spiro atoms. The van der Waals surface area contributed by atoms with E-state index < -0.39 is 5.82 Å². The highest BCUT2D eigenvalue weighted by Gasteiger charge is 2.22. The number of nitrogens with zero attached hydrogens (tertiary/aromatic N) is 4. The summed E-state index contributed by atoms with van der Waals surface area (Å²) in [5.41, 5.74) is 0. The Hall–Kier alpha value is -2.90. The fraction of sp³-hybridized carbons (Fsp3) is 0.450. The third-order valence-electron chi connectivity index (χ3n) is 4.46. The molecule has 1 aliphatic heterocycles. The van der Waals surface area contributed by atoms with Gasteiger partial charge in [0.05, 0.1) is 25.6 Å². The second-order valence-electron chi connectivity index (χ2n) is 6.40. The molecule has 0 bridgehead atoms. The number of benzene rings is 1. The number of hydrogen-bond acceptors (Lipinski definition) is 6. The van der Waals surface area contributed by atoms with Gasteiger partial charge in [0, 0.05) is 32.6 Å². The molecule has 1 fully saturated rings. The van der Waals surface area contributed by atoms with Crippen molar-refractivity contribution in [1.82, 2.24) is 14.9 Å². The minimum absolute atomic E-state index is 0.112. The van der Waals surface area contributed by atoms with Crippen LogP contribution in [0.15, 0.2) is 36.7 Å². The quantitative estimate of drug-likeness (QED) is 0.648. The SMILES string of the molecule is CCOc1ccccc1OCCCC(=O)N1CCN(c2ncc(F)cn2)CC1. The number of carbonyl (C=O) groups is 1. The van der Waals surface area contributed by atoms with E-state index in [1.807, 2.05) is 41.0 Å². The average molecular weight is 388 g/mol. The van der Waals surface area contributed by atoms with Gasteiger partial charge in [0.25, 0.3) is 0 Å². The van der Waals surface area contributed by atoms with Gasteiger partial charge in [0.1, 0.15) is 0 Å². The van der Waals surface area contributed by atoms with Crippen molar-refractivity contribution in [2.24, 2.45) is 0 Å². The molecule has 0 aliphatic carbocycles. The largest absolute Gasteiger partial charge is 0.490 e. The van der Waals surface area contributed by atoms with E-state index in [0.29, 0.717) is 63.9 Å². The number of para-hydroxylation sites is 2. The molecule has 8 heteroatoms. The first kappa shape index (κ1) is 19.9. The molecular formula is C20H25FN4O3. The minimum Gasteiger partial charge on any atom is -0.490 e. The van der Waals surface area contributed by atoms with Crippen LogP contribution in [0.25, 0.3) is 0 Å². The van der Waals surface area contributed by atoms with Gasteiger partial charge in [-0.3, -0.25) is 4.79 Å². The first-order valence-corrected chi connectivity index (χ1v) is 9.52. The highest BCUT2D eigenvalue weighted by atomic mass is 19.1. The van der Waals surface area contributed by atoms with Crippen molar-refractivity contribution in [1.29, 1.82) is 0 Å². The number of halogens is 1. The van der Waals surface area contributed by atoms with Crippen molar-refractivity contribution in [2.75, 3.05) is 44.3 Å². The van der Waals surface area contributed by atoms with E-state index in [-0.39, 0.29) is 5.91 Å². The second kappa shape index (κ2) is 9.87. The fourth-order valence-corrected chi connectivity index (χ4v) is 3.03. The molecule has 2 aromatic rings. The molecule has 2 heterocycles. The Balaban J connectivity index is 1.38. The summed E-state index contributed by atoms with van der Waals surface area (Å²) in [7, 11) is 0. The smallest absolute Gasteiger partial charge is 0.225 e. The summed E-state index contributed by atoms with van der Waals surface area (Å²) in [5.74, 6) is 1.57. The first-order chi connectivity index (χ1) is 13.7. The van der Waals surface area contributed by atoms with Gasteiger partial charge in [-0.2, -0.15) is 0 Å². The lowest BCUT2D eigenvalue weighted by molar-refractivity contribution is -0.131. The normalized spacial score (nSPS) is 14.1. The number of hydrogen-bond donors (Lipinski definition) is 0. The molecule has 0 N–H and O–H groups in total. The van der Waals surface area contributed by atoms with E-state index in [9.17, 15) is 9.18 Å². The summed E-state index contributed by atoms with van der Waals surface area (Å²) in [5, 5.41) is 0. The fourth-order valence-electron chi connectivity index (χ4n) is 3.03. The molecule has 0 unspecified atom stereocenters. The molecule has 1 amide bonds. The van der Waals surface area contributed by atoms with Gasteiger partial charge in [0.2, 0.25) is 11.9 Å². The third kappa shape index (κ3) is 5.31. The summed E-state index contributed by atoms with van der Waals surface area (Å²) < 4.78 is 24.2. The van der Waals surface area contributed by atoms with Gasteiger partial charge in [-0.25, -0.2) is 14.4 Å². The molecule has 1 aromatic carbocycles. The topological polar surface area (TPSA) is 67.8 Å². The van der Waals surface area contributed by atoms with Crippen LogP contribution in [0.1, 0.15) is 19.8 Å². The summed E-state index contributed by atoms with van der Waals surface area (Å²) >= 11 is 0. The second-order valence-corrected chi connectivity index (χ2v) is 6.40. The van der Waals surface area contributed by atoms with Crippen LogP contribution in [-0.2, 0) is 4.79 Å². The molecule has 1 aromatic heterocycles. The van der Waals surface area contributed by atoms with Crippen LogP contribution in [0, 0.1) is 5.82 Å². The van der Waals surface area contributed by atoms with Gasteiger partial charge < -0.3 is 19.3 Å². The van der Waals surface area contributed by atoms with Crippen molar-refractivity contribution in [3.8, 4) is 11.5 Å². The molecule has 7 nitrogen and oxygen atoms in total. The van der Waals surface area contributed by atoms with E-state index in [2.05, 4.69) is 9.97 Å². The molecular weight excluding hydrogens is 363 g/mol. The van der Waals surface area contributed by atoms with Gasteiger partial charge in [-0.15, -0.1) is 0 Å². The van der Waals surface area contributed by atoms with Crippen LogP contribution in [0.4, 0.5) is 10.3 Å². The Bertz CT molecular complexity index is 764. The number of ether oxygens (including phenoxy) is 2. The number of piperazine rings is 1. The third-order valence-corrected chi connectivity index (χ3v) is 4.46. The van der Waals surface area contributed by atoms with E-state index in [4.69, 9.17) is 9.47 Å². The van der Waals surface area contributed by atoms with Crippen molar-refractivity contribution in [2.45, 2.75) is 19.8 Å². The Morgan fingerprint density at radius 3 is 2.36 bits per heavy atom. The lowest BCUT2D eigenvalue weighted by Crippen LogP contribution is -2.49. The van der Waals surface area contributed by atoms with Crippen molar-refractivity contribution >= 4 is 11.9 Å². The van der Waals surface area contributed by atoms with Gasteiger partial charge in [-0.05, 0) is 25.5 Å². The number of carbonyl (C=O) groups excluding carboxylic acids is 1. The number of amides is 1. The standard InChI is InChI=1S/C20H25FN4O3/c1-2-27-17-6-3-4-7-18(17)28-13-5-8-19(26)24-9-11-25(12-10-24)20-22-14-16(21)15-23-20/h3-4,6-7,14-15H,2,5,8-13H2,1H3. The lowest BCUT2D eigenvalue weighted by atomic mass is 10.2. The Kier molecular flexibility index (Phi) is 7.00. The Labute approximate surface area is 164 Å². The molecule has 3 rings (SSSR count). The summed E-state index contributed by atoms with van der Waals surface area (Å²) in [6.45, 7) is 5.44. The monoisotopic (exact) mass is 388 g/mol. The van der Waals surface area contributed by atoms with Crippen LogP contribution in [-0.4, -0.2) is 60.2 Å². The molecule has 28 heavy (non-hydrogen) atoms. The zero-order valence-corrected chi connectivity index (χ0v) is 16.0. The van der Waals surface area contributed by atoms with E-state index in [0.717, 1.165) is 18.1 Å². The van der Waals surface area contributed by atoms with Crippen LogP contribution >= 0.6 is 0 Å². The summed E-state index contributed by atoms with van der Waals surface area (Å²) in [6, 6.07) is 7.53. The molecule has 0 radical (unpaired) electrons. The Morgan fingerprint density at radius 2 is 1.71 bits per heavy atom. The first-order valence-electron chi connectivity index (χ1n) is 9.52. The minimum atomic E-state index is -0.455. The Morgan fingerprint density at radius 1 is 1.07 bits per heavy atom. The maximum Gasteiger partial charge on any atom is 0.225 e. The van der Waals surface area contributed by atoms with Crippen molar-refractivity contribution < 1.29 is 18.7 Å². The van der Waals surface area contributed by atoms with E-state index in [1.165, 1.54) is 0 Å². The van der Waals surface area contributed by atoms with Crippen LogP contribution in [0.2, 0.25) is 0 Å². The molecule has 150 valence electrons. The maximum atomic E-state index is 12.9.